The quantitative estimate of drug-likeness (QED) is 0.416. The number of imidazole rings is 1. The number of benzene rings is 2. The average molecular weight is 434 g/mol. The van der Waals surface area contributed by atoms with Gasteiger partial charge in [0.2, 0.25) is 5.91 Å². The summed E-state index contributed by atoms with van der Waals surface area (Å²) in [5.41, 5.74) is 2.53. The molecule has 8 heteroatoms. The fourth-order valence-corrected chi connectivity index (χ4v) is 3.81. The zero-order valence-corrected chi connectivity index (χ0v) is 17.5. The van der Waals surface area contributed by atoms with Crippen molar-refractivity contribution in [3.8, 4) is 5.69 Å². The van der Waals surface area contributed by atoms with Crippen LogP contribution in [0.25, 0.3) is 5.69 Å². The zero-order chi connectivity index (χ0) is 20.3. The molecule has 3 aromatic rings. The Morgan fingerprint density at radius 2 is 1.61 bits per heavy atom. The van der Waals surface area contributed by atoms with E-state index >= 15 is 0 Å². The number of carbonyl (C=O) groups excluding carboxylic acids is 2. The highest BCUT2D eigenvalue weighted by atomic mass is 35.5. The number of ketones is 1. The molecule has 0 saturated carbocycles. The first-order valence-electron chi connectivity index (χ1n) is 8.39. The molecule has 144 valence electrons. The number of nitrogens with zero attached hydrogens (tertiary/aromatic N) is 2. The van der Waals surface area contributed by atoms with Gasteiger partial charge < -0.3 is 5.32 Å². The van der Waals surface area contributed by atoms with Gasteiger partial charge in [0.05, 0.1) is 11.4 Å². The summed E-state index contributed by atoms with van der Waals surface area (Å²) in [7, 11) is 0. The van der Waals surface area contributed by atoms with Crippen molar-refractivity contribution in [2.75, 3.05) is 11.1 Å². The number of hydrogen-bond acceptors (Lipinski definition) is 4. The molecule has 2 aromatic carbocycles. The van der Waals surface area contributed by atoms with Crippen molar-refractivity contribution in [3.05, 3.63) is 70.0 Å². The number of halogens is 2. The first-order chi connectivity index (χ1) is 13.3. The van der Waals surface area contributed by atoms with Crippen LogP contribution in [0.4, 0.5) is 5.69 Å². The van der Waals surface area contributed by atoms with E-state index in [0.29, 0.717) is 32.3 Å². The summed E-state index contributed by atoms with van der Waals surface area (Å²) in [6.45, 7) is 3.28. The van der Waals surface area contributed by atoms with Crippen molar-refractivity contribution in [2.24, 2.45) is 0 Å². The summed E-state index contributed by atoms with van der Waals surface area (Å²) in [5.74, 6) is -0.137. The van der Waals surface area contributed by atoms with E-state index in [0.717, 1.165) is 5.69 Å². The molecule has 0 radical (unpaired) electrons. The molecule has 1 heterocycles. The number of aromatic nitrogens is 2. The van der Waals surface area contributed by atoms with Crippen LogP contribution in [-0.4, -0.2) is 27.0 Å². The fourth-order valence-electron chi connectivity index (χ4n) is 2.70. The molecule has 0 spiro atoms. The Kier molecular flexibility index (Phi) is 6.44. The van der Waals surface area contributed by atoms with Gasteiger partial charge >= 0.3 is 0 Å². The molecule has 0 bridgehead atoms. The molecule has 0 saturated heterocycles. The van der Waals surface area contributed by atoms with Crippen LogP contribution in [0.1, 0.15) is 23.1 Å². The second kappa shape index (κ2) is 8.82. The Bertz CT molecular complexity index is 1020. The predicted octanol–water partition coefficient (Wildman–Crippen LogP) is 5.42. The highest BCUT2D eigenvalue weighted by molar-refractivity contribution is 7.99. The molecule has 0 aliphatic rings. The first-order valence-corrected chi connectivity index (χ1v) is 10.1. The van der Waals surface area contributed by atoms with Gasteiger partial charge in [-0.25, -0.2) is 4.98 Å². The summed E-state index contributed by atoms with van der Waals surface area (Å²) in [6.07, 6.45) is 0. The molecule has 0 atom stereocenters. The molecule has 0 aliphatic heterocycles. The van der Waals surface area contributed by atoms with Crippen LogP contribution in [-0.2, 0) is 4.79 Å². The number of Topliss-reactive ketones (excluding diaryl/α,β-unsaturated/α-hetero) is 1. The third-order valence-electron chi connectivity index (χ3n) is 3.90. The van der Waals surface area contributed by atoms with Gasteiger partial charge in [-0.2, -0.15) is 0 Å². The lowest BCUT2D eigenvalue weighted by atomic mass is 10.2. The molecular weight excluding hydrogens is 417 g/mol. The number of thioether (sulfide) groups is 1. The number of anilines is 1. The van der Waals surface area contributed by atoms with Crippen LogP contribution in [0.15, 0.2) is 53.7 Å². The van der Waals surface area contributed by atoms with E-state index in [1.165, 1.54) is 18.7 Å². The summed E-state index contributed by atoms with van der Waals surface area (Å²) in [5, 5.41) is 4.58. The van der Waals surface area contributed by atoms with E-state index in [-0.39, 0.29) is 17.4 Å². The maximum atomic E-state index is 12.3. The average Bonchev–Trinajstić information content (AvgIpc) is 2.99. The van der Waals surface area contributed by atoms with Gasteiger partial charge in [0.15, 0.2) is 10.9 Å². The van der Waals surface area contributed by atoms with Crippen LogP contribution in [0.2, 0.25) is 10.0 Å². The predicted molar refractivity (Wildman–Crippen MR) is 114 cm³/mol. The molecule has 0 unspecified atom stereocenters. The molecule has 0 aliphatic carbocycles. The number of amides is 1. The molecule has 3 rings (SSSR count). The Balaban J connectivity index is 1.82. The molecule has 1 aromatic heterocycles. The number of aryl methyl sites for hydroxylation is 1. The van der Waals surface area contributed by atoms with Gasteiger partial charge in [-0.15, -0.1) is 0 Å². The Hall–Kier alpha value is -2.28. The zero-order valence-electron chi connectivity index (χ0n) is 15.2. The standard InChI is InChI=1S/C20H17Cl2N3O2S/c1-12-19(13(2)26)25(17-9-5-15(22)6-10-17)20(23-12)28-11-18(27)24-16-7-3-14(21)4-8-16/h3-10H,11H2,1-2H3,(H,24,27). The van der Waals surface area contributed by atoms with Crippen molar-refractivity contribution in [2.45, 2.75) is 19.0 Å². The number of hydrogen-bond donors (Lipinski definition) is 1. The van der Waals surface area contributed by atoms with Gasteiger partial charge in [-0.3, -0.25) is 14.2 Å². The number of carbonyl (C=O) groups is 2. The second-order valence-corrected chi connectivity index (χ2v) is 7.86. The van der Waals surface area contributed by atoms with E-state index in [1.807, 2.05) is 12.1 Å². The smallest absolute Gasteiger partial charge is 0.234 e. The van der Waals surface area contributed by atoms with E-state index < -0.39 is 0 Å². The van der Waals surface area contributed by atoms with Crippen molar-refractivity contribution in [1.82, 2.24) is 9.55 Å². The number of nitrogens with one attached hydrogen (secondary N) is 1. The van der Waals surface area contributed by atoms with Gasteiger partial charge in [0.1, 0.15) is 5.69 Å². The van der Waals surface area contributed by atoms with Crippen LogP contribution in [0.3, 0.4) is 0 Å². The lowest BCUT2D eigenvalue weighted by Gasteiger charge is -2.11. The van der Waals surface area contributed by atoms with Crippen molar-refractivity contribution < 1.29 is 9.59 Å². The van der Waals surface area contributed by atoms with Crippen LogP contribution in [0.5, 0.6) is 0 Å². The molecule has 1 amide bonds. The van der Waals surface area contributed by atoms with E-state index in [9.17, 15) is 9.59 Å². The van der Waals surface area contributed by atoms with E-state index in [2.05, 4.69) is 10.3 Å². The summed E-state index contributed by atoms with van der Waals surface area (Å²) in [4.78, 5) is 29.0. The summed E-state index contributed by atoms with van der Waals surface area (Å²) in [6, 6.07) is 14.0. The maximum Gasteiger partial charge on any atom is 0.234 e. The molecule has 28 heavy (non-hydrogen) atoms. The van der Waals surface area contributed by atoms with E-state index in [4.69, 9.17) is 23.2 Å². The Labute approximate surface area is 177 Å². The highest BCUT2D eigenvalue weighted by Crippen LogP contribution is 2.27. The van der Waals surface area contributed by atoms with Crippen LogP contribution >= 0.6 is 35.0 Å². The fraction of sp³-hybridized carbons (Fsp3) is 0.150. The minimum atomic E-state index is -0.181. The van der Waals surface area contributed by atoms with Crippen molar-refractivity contribution in [3.63, 3.8) is 0 Å². The van der Waals surface area contributed by atoms with Gasteiger partial charge in [-0.1, -0.05) is 35.0 Å². The summed E-state index contributed by atoms with van der Waals surface area (Å²) >= 11 is 13.1. The molecular formula is C20H17Cl2N3O2S. The highest BCUT2D eigenvalue weighted by Gasteiger charge is 2.20. The lowest BCUT2D eigenvalue weighted by molar-refractivity contribution is -0.113. The first kappa shape index (κ1) is 20.5. The maximum absolute atomic E-state index is 12.3. The van der Waals surface area contributed by atoms with Gasteiger partial charge in [0.25, 0.3) is 0 Å². The minimum Gasteiger partial charge on any atom is -0.325 e. The third-order valence-corrected chi connectivity index (χ3v) is 5.34. The molecule has 5 nitrogen and oxygen atoms in total. The normalized spacial score (nSPS) is 10.7. The number of rotatable bonds is 6. The molecule has 0 fully saturated rings. The minimum absolute atomic E-state index is 0.0996. The monoisotopic (exact) mass is 433 g/mol. The lowest BCUT2D eigenvalue weighted by Crippen LogP contribution is -2.14. The Morgan fingerprint density at radius 3 is 2.18 bits per heavy atom. The van der Waals surface area contributed by atoms with Crippen LogP contribution in [0, 0.1) is 6.92 Å². The largest absolute Gasteiger partial charge is 0.325 e. The SMILES string of the molecule is CC(=O)c1c(C)nc(SCC(=O)Nc2ccc(Cl)cc2)n1-c1ccc(Cl)cc1. The van der Waals surface area contributed by atoms with Crippen molar-refractivity contribution in [1.29, 1.82) is 0 Å². The topological polar surface area (TPSA) is 64.0 Å². The van der Waals surface area contributed by atoms with Gasteiger partial charge in [-0.05, 0) is 55.5 Å². The summed E-state index contributed by atoms with van der Waals surface area (Å²) < 4.78 is 1.76. The third kappa shape index (κ3) is 4.76. The van der Waals surface area contributed by atoms with Crippen LogP contribution < -0.4 is 5.32 Å². The van der Waals surface area contributed by atoms with Gasteiger partial charge in [0, 0.05) is 28.3 Å². The van der Waals surface area contributed by atoms with E-state index in [1.54, 1.807) is 47.9 Å². The Morgan fingerprint density at radius 1 is 1.04 bits per heavy atom. The molecule has 1 N–H and O–H groups in total. The van der Waals surface area contributed by atoms with Crippen molar-refractivity contribution >= 4 is 52.3 Å². The second-order valence-electron chi connectivity index (χ2n) is 6.04.